The predicted octanol–water partition coefficient (Wildman–Crippen LogP) is 4.98. The lowest BCUT2D eigenvalue weighted by atomic mass is 10.1. The Labute approximate surface area is 170 Å². The normalized spacial score (nSPS) is 11.0. The lowest BCUT2D eigenvalue weighted by Gasteiger charge is -2.07. The number of aryl methyl sites for hydroxylation is 2. The van der Waals surface area contributed by atoms with Crippen molar-refractivity contribution in [1.29, 1.82) is 0 Å². The number of hydrogen-bond acceptors (Lipinski definition) is 3. The van der Waals surface area contributed by atoms with Crippen LogP contribution in [-0.2, 0) is 13.1 Å². The van der Waals surface area contributed by atoms with E-state index in [4.69, 9.17) is 5.10 Å². The lowest BCUT2D eigenvalue weighted by molar-refractivity contribution is 0.628. The van der Waals surface area contributed by atoms with Gasteiger partial charge in [0, 0.05) is 42.8 Å². The van der Waals surface area contributed by atoms with E-state index in [0.29, 0.717) is 6.54 Å². The van der Waals surface area contributed by atoms with Gasteiger partial charge in [0.2, 0.25) is 0 Å². The smallest absolute Gasteiger partial charge is 0.123 e. The fraction of sp³-hybridized carbons (Fsp3) is 0.167. The number of nitrogens with zero attached hydrogens (tertiary/aromatic N) is 3. The molecular weight excluding hydrogens is 363 g/mol. The van der Waals surface area contributed by atoms with E-state index < -0.39 is 0 Å². The third kappa shape index (κ3) is 4.41. The maximum absolute atomic E-state index is 13.4. The molecule has 0 saturated carbocycles. The first-order valence-electron chi connectivity index (χ1n) is 9.62. The van der Waals surface area contributed by atoms with Crippen molar-refractivity contribution in [2.24, 2.45) is 0 Å². The Morgan fingerprint density at radius 2 is 1.62 bits per heavy atom. The number of benzene rings is 2. The van der Waals surface area contributed by atoms with Crippen LogP contribution in [-0.4, -0.2) is 14.8 Å². The molecule has 0 atom stereocenters. The Hall–Kier alpha value is -3.31. The van der Waals surface area contributed by atoms with Crippen LogP contribution in [0.25, 0.3) is 16.9 Å². The van der Waals surface area contributed by atoms with Crippen molar-refractivity contribution in [3.63, 3.8) is 0 Å². The molecule has 4 rings (SSSR count). The molecule has 29 heavy (non-hydrogen) atoms. The second kappa shape index (κ2) is 8.37. The van der Waals surface area contributed by atoms with Gasteiger partial charge in [0.1, 0.15) is 5.82 Å². The molecular formula is C24H23FN4. The van der Waals surface area contributed by atoms with Gasteiger partial charge in [-0.05, 0) is 67.4 Å². The second-order valence-electron chi connectivity index (χ2n) is 7.20. The van der Waals surface area contributed by atoms with Gasteiger partial charge < -0.3 is 5.32 Å². The van der Waals surface area contributed by atoms with Gasteiger partial charge in [-0.15, -0.1) is 0 Å². The zero-order valence-electron chi connectivity index (χ0n) is 16.6. The van der Waals surface area contributed by atoms with E-state index >= 15 is 0 Å². The number of rotatable bonds is 6. The summed E-state index contributed by atoms with van der Waals surface area (Å²) in [5.41, 5.74) is 7.38. The summed E-state index contributed by atoms with van der Waals surface area (Å²) in [5.74, 6) is -0.250. The van der Waals surface area contributed by atoms with Crippen LogP contribution in [0.3, 0.4) is 0 Å². The van der Waals surface area contributed by atoms with Crippen LogP contribution in [0.15, 0.2) is 73.2 Å². The number of pyridine rings is 1. The fourth-order valence-electron chi connectivity index (χ4n) is 3.25. The van der Waals surface area contributed by atoms with Crippen molar-refractivity contribution in [1.82, 2.24) is 20.1 Å². The molecule has 0 aliphatic heterocycles. The zero-order chi connectivity index (χ0) is 20.2. The molecule has 2 aromatic carbocycles. The number of nitrogens with one attached hydrogen (secondary N) is 1. The van der Waals surface area contributed by atoms with E-state index in [2.05, 4.69) is 36.3 Å². The van der Waals surface area contributed by atoms with E-state index in [1.54, 1.807) is 12.1 Å². The molecule has 0 fully saturated rings. The summed E-state index contributed by atoms with van der Waals surface area (Å²) in [5, 5.41) is 8.30. The van der Waals surface area contributed by atoms with E-state index in [1.807, 2.05) is 41.5 Å². The molecule has 0 aliphatic rings. The van der Waals surface area contributed by atoms with Gasteiger partial charge in [-0.25, -0.2) is 9.07 Å². The Balaban J connectivity index is 1.62. The molecule has 146 valence electrons. The second-order valence-corrected chi connectivity index (χ2v) is 7.20. The van der Waals surface area contributed by atoms with Gasteiger partial charge in [0.05, 0.1) is 11.4 Å². The molecule has 0 amide bonds. The Morgan fingerprint density at radius 1 is 0.897 bits per heavy atom. The highest BCUT2D eigenvalue weighted by molar-refractivity contribution is 5.63. The zero-order valence-corrected chi connectivity index (χ0v) is 16.6. The average Bonchev–Trinajstić information content (AvgIpc) is 3.15. The largest absolute Gasteiger partial charge is 0.308 e. The first-order valence-corrected chi connectivity index (χ1v) is 9.62. The Kier molecular flexibility index (Phi) is 5.49. The topological polar surface area (TPSA) is 42.7 Å². The molecule has 0 bridgehead atoms. The van der Waals surface area contributed by atoms with E-state index in [9.17, 15) is 4.39 Å². The van der Waals surface area contributed by atoms with Crippen LogP contribution in [0.4, 0.5) is 4.39 Å². The molecule has 0 spiro atoms. The summed E-state index contributed by atoms with van der Waals surface area (Å²) in [7, 11) is 0. The highest BCUT2D eigenvalue weighted by Gasteiger charge is 2.13. The third-order valence-corrected chi connectivity index (χ3v) is 4.97. The van der Waals surface area contributed by atoms with Crippen molar-refractivity contribution in [3.05, 3.63) is 101 Å². The average molecular weight is 386 g/mol. The van der Waals surface area contributed by atoms with Gasteiger partial charge >= 0.3 is 0 Å². The van der Waals surface area contributed by atoms with Crippen molar-refractivity contribution in [2.75, 3.05) is 0 Å². The minimum Gasteiger partial charge on any atom is -0.308 e. The molecule has 0 radical (unpaired) electrons. The molecule has 5 heteroatoms. The lowest BCUT2D eigenvalue weighted by Crippen LogP contribution is -2.13. The van der Waals surface area contributed by atoms with E-state index in [0.717, 1.165) is 34.6 Å². The van der Waals surface area contributed by atoms with Gasteiger partial charge in [-0.1, -0.05) is 17.7 Å². The minimum absolute atomic E-state index is 0.250. The van der Waals surface area contributed by atoms with E-state index in [-0.39, 0.29) is 5.82 Å². The standard InChI is InChI=1S/C24H23FN4/c1-17-3-9-23(10-4-17)29-16-21(15-27-14-20-11-12-26-13-18(20)2)24(28-29)19-5-7-22(25)8-6-19/h3-13,16,27H,14-15H2,1-2H3. The molecule has 0 unspecified atom stereocenters. The van der Waals surface area contributed by atoms with Crippen LogP contribution >= 0.6 is 0 Å². The molecule has 0 saturated heterocycles. The summed E-state index contributed by atoms with van der Waals surface area (Å²) >= 11 is 0. The minimum atomic E-state index is -0.250. The fourth-order valence-corrected chi connectivity index (χ4v) is 3.25. The SMILES string of the molecule is Cc1ccc(-n2cc(CNCc3ccncc3C)c(-c3ccc(F)cc3)n2)cc1. The number of halogens is 1. The van der Waals surface area contributed by atoms with Crippen LogP contribution in [0.1, 0.15) is 22.3 Å². The van der Waals surface area contributed by atoms with Crippen molar-refractivity contribution in [2.45, 2.75) is 26.9 Å². The molecule has 4 nitrogen and oxygen atoms in total. The molecule has 1 N–H and O–H groups in total. The molecule has 0 aliphatic carbocycles. The molecule has 2 aromatic heterocycles. The van der Waals surface area contributed by atoms with Gasteiger partial charge in [-0.2, -0.15) is 5.10 Å². The van der Waals surface area contributed by atoms with Crippen molar-refractivity contribution < 1.29 is 4.39 Å². The van der Waals surface area contributed by atoms with Crippen LogP contribution < -0.4 is 5.32 Å². The summed E-state index contributed by atoms with van der Waals surface area (Å²) in [6, 6.07) is 16.7. The summed E-state index contributed by atoms with van der Waals surface area (Å²) in [6.07, 6.45) is 5.72. The monoisotopic (exact) mass is 386 g/mol. The van der Waals surface area contributed by atoms with Crippen molar-refractivity contribution in [3.8, 4) is 16.9 Å². The number of hydrogen-bond donors (Lipinski definition) is 1. The Bertz CT molecular complexity index is 1100. The van der Waals surface area contributed by atoms with Crippen LogP contribution in [0, 0.1) is 19.7 Å². The quantitative estimate of drug-likeness (QED) is 0.508. The highest BCUT2D eigenvalue weighted by Crippen LogP contribution is 2.24. The van der Waals surface area contributed by atoms with Crippen molar-refractivity contribution >= 4 is 0 Å². The summed E-state index contributed by atoms with van der Waals surface area (Å²) in [4.78, 5) is 4.14. The van der Waals surface area contributed by atoms with Crippen LogP contribution in [0.2, 0.25) is 0 Å². The Morgan fingerprint density at radius 3 is 2.34 bits per heavy atom. The maximum Gasteiger partial charge on any atom is 0.123 e. The predicted molar refractivity (Wildman–Crippen MR) is 113 cm³/mol. The van der Waals surface area contributed by atoms with Gasteiger partial charge in [-0.3, -0.25) is 4.98 Å². The first kappa shape index (κ1) is 19.0. The first-order chi connectivity index (χ1) is 14.1. The highest BCUT2D eigenvalue weighted by atomic mass is 19.1. The van der Waals surface area contributed by atoms with Gasteiger partial charge in [0.15, 0.2) is 0 Å². The molecule has 4 aromatic rings. The van der Waals surface area contributed by atoms with Crippen LogP contribution in [0.5, 0.6) is 0 Å². The number of aromatic nitrogens is 3. The molecule has 2 heterocycles. The summed E-state index contributed by atoms with van der Waals surface area (Å²) in [6.45, 7) is 5.52. The van der Waals surface area contributed by atoms with Gasteiger partial charge in [0.25, 0.3) is 0 Å². The maximum atomic E-state index is 13.4. The summed E-state index contributed by atoms with van der Waals surface area (Å²) < 4.78 is 15.3. The van der Waals surface area contributed by atoms with E-state index in [1.165, 1.54) is 23.3 Å². The third-order valence-electron chi connectivity index (χ3n) is 4.97.